The SMILES string of the molecule is COc1cccc(-c2nnc(SCC(=O)O)s2)c1. The zero-order chi connectivity index (χ0) is 13.0. The number of rotatable bonds is 5. The average Bonchev–Trinajstić information content (AvgIpc) is 2.85. The van der Waals surface area contributed by atoms with Crippen molar-refractivity contribution < 1.29 is 14.6 Å². The Labute approximate surface area is 112 Å². The molecule has 5 nitrogen and oxygen atoms in total. The van der Waals surface area contributed by atoms with Gasteiger partial charge >= 0.3 is 5.97 Å². The highest BCUT2D eigenvalue weighted by Crippen LogP contribution is 2.30. The monoisotopic (exact) mass is 282 g/mol. The van der Waals surface area contributed by atoms with Gasteiger partial charge in [0.25, 0.3) is 0 Å². The van der Waals surface area contributed by atoms with Crippen LogP contribution in [0.5, 0.6) is 5.75 Å². The molecule has 2 aromatic rings. The fourth-order valence-electron chi connectivity index (χ4n) is 1.26. The van der Waals surface area contributed by atoms with E-state index in [1.54, 1.807) is 7.11 Å². The Balaban J connectivity index is 2.15. The molecular weight excluding hydrogens is 272 g/mol. The number of benzene rings is 1. The predicted octanol–water partition coefficient (Wildman–Crippen LogP) is 2.39. The van der Waals surface area contributed by atoms with Crippen LogP contribution in [0.2, 0.25) is 0 Å². The van der Waals surface area contributed by atoms with Gasteiger partial charge in [-0.3, -0.25) is 4.79 Å². The summed E-state index contributed by atoms with van der Waals surface area (Å²) in [7, 11) is 1.60. The van der Waals surface area contributed by atoms with E-state index in [0.29, 0.717) is 4.34 Å². The highest BCUT2D eigenvalue weighted by Gasteiger charge is 2.09. The molecule has 0 amide bonds. The molecule has 1 aromatic heterocycles. The molecule has 0 fully saturated rings. The summed E-state index contributed by atoms with van der Waals surface area (Å²) in [4.78, 5) is 10.5. The van der Waals surface area contributed by atoms with Crippen LogP contribution in [0.4, 0.5) is 0 Å². The predicted molar refractivity (Wildman–Crippen MR) is 70.3 cm³/mol. The third-order valence-electron chi connectivity index (χ3n) is 2.04. The van der Waals surface area contributed by atoms with Gasteiger partial charge in [0.2, 0.25) is 0 Å². The quantitative estimate of drug-likeness (QED) is 0.849. The number of aliphatic carboxylic acids is 1. The Bertz CT molecular complexity index is 557. The fraction of sp³-hybridized carbons (Fsp3) is 0.182. The molecule has 1 heterocycles. The summed E-state index contributed by atoms with van der Waals surface area (Å²) in [6.07, 6.45) is 0. The molecule has 1 aromatic carbocycles. The molecule has 7 heteroatoms. The summed E-state index contributed by atoms with van der Waals surface area (Å²) in [5.74, 6) is -0.118. The largest absolute Gasteiger partial charge is 0.497 e. The van der Waals surface area contributed by atoms with E-state index in [0.717, 1.165) is 16.3 Å². The molecule has 0 unspecified atom stereocenters. The molecule has 0 aliphatic rings. The molecule has 0 spiro atoms. The van der Waals surface area contributed by atoms with Crippen LogP contribution in [0.15, 0.2) is 28.6 Å². The summed E-state index contributed by atoms with van der Waals surface area (Å²) in [5, 5.41) is 17.3. The molecule has 18 heavy (non-hydrogen) atoms. The zero-order valence-corrected chi connectivity index (χ0v) is 11.1. The maximum absolute atomic E-state index is 10.5. The number of nitrogens with zero attached hydrogens (tertiary/aromatic N) is 2. The van der Waals surface area contributed by atoms with Crippen molar-refractivity contribution in [2.45, 2.75) is 4.34 Å². The Morgan fingerprint density at radius 3 is 3.06 bits per heavy atom. The van der Waals surface area contributed by atoms with E-state index in [1.165, 1.54) is 23.1 Å². The summed E-state index contributed by atoms with van der Waals surface area (Å²) >= 11 is 2.54. The molecule has 0 saturated carbocycles. The lowest BCUT2D eigenvalue weighted by Crippen LogP contribution is -1.96. The number of hydrogen-bond acceptors (Lipinski definition) is 6. The van der Waals surface area contributed by atoms with Crippen molar-refractivity contribution in [1.29, 1.82) is 0 Å². The first-order valence-corrected chi connectivity index (χ1v) is 6.82. The normalized spacial score (nSPS) is 10.3. The van der Waals surface area contributed by atoms with Crippen molar-refractivity contribution in [1.82, 2.24) is 10.2 Å². The van der Waals surface area contributed by atoms with E-state index in [1.807, 2.05) is 24.3 Å². The van der Waals surface area contributed by atoms with E-state index in [9.17, 15) is 4.79 Å². The third kappa shape index (κ3) is 3.21. The lowest BCUT2D eigenvalue weighted by molar-refractivity contribution is -0.133. The molecule has 1 N–H and O–H groups in total. The minimum Gasteiger partial charge on any atom is -0.497 e. The van der Waals surface area contributed by atoms with Crippen molar-refractivity contribution in [3.8, 4) is 16.3 Å². The molecule has 94 valence electrons. The highest BCUT2D eigenvalue weighted by molar-refractivity contribution is 8.01. The van der Waals surface area contributed by atoms with Crippen molar-refractivity contribution in [3.05, 3.63) is 24.3 Å². The first-order chi connectivity index (χ1) is 8.69. The lowest BCUT2D eigenvalue weighted by Gasteiger charge is -2.00. The Morgan fingerprint density at radius 1 is 1.50 bits per heavy atom. The summed E-state index contributed by atoms with van der Waals surface area (Å²) in [5.41, 5.74) is 0.911. The Kier molecular flexibility index (Phi) is 4.16. The van der Waals surface area contributed by atoms with E-state index < -0.39 is 5.97 Å². The van der Waals surface area contributed by atoms with Gasteiger partial charge in [0.1, 0.15) is 10.8 Å². The zero-order valence-electron chi connectivity index (χ0n) is 9.49. The van der Waals surface area contributed by atoms with Crippen molar-refractivity contribution in [3.63, 3.8) is 0 Å². The maximum Gasteiger partial charge on any atom is 0.313 e. The van der Waals surface area contributed by atoms with Crippen LogP contribution in [0, 0.1) is 0 Å². The van der Waals surface area contributed by atoms with Gasteiger partial charge < -0.3 is 9.84 Å². The molecule has 0 aliphatic carbocycles. The van der Waals surface area contributed by atoms with Crippen molar-refractivity contribution in [2.75, 3.05) is 12.9 Å². The first-order valence-electron chi connectivity index (χ1n) is 5.01. The van der Waals surface area contributed by atoms with Gasteiger partial charge in [-0.1, -0.05) is 35.2 Å². The molecule has 0 bridgehead atoms. The standard InChI is InChI=1S/C11H10N2O3S2/c1-16-8-4-2-3-7(5-8)10-12-13-11(18-10)17-6-9(14)15/h2-5H,6H2,1H3,(H,14,15). The second-order valence-electron chi connectivity index (χ2n) is 3.29. The van der Waals surface area contributed by atoms with Gasteiger partial charge in [-0.25, -0.2) is 0 Å². The number of carboxylic acids is 1. The summed E-state index contributed by atoms with van der Waals surface area (Å²) in [6, 6.07) is 7.51. The Hall–Kier alpha value is -1.60. The minimum atomic E-state index is -0.863. The number of aromatic nitrogens is 2. The van der Waals surface area contributed by atoms with Crippen molar-refractivity contribution >= 4 is 29.1 Å². The van der Waals surface area contributed by atoms with E-state index >= 15 is 0 Å². The number of carboxylic acid groups (broad SMARTS) is 1. The maximum atomic E-state index is 10.5. The van der Waals surface area contributed by atoms with Crippen molar-refractivity contribution in [2.24, 2.45) is 0 Å². The van der Waals surface area contributed by atoms with Crippen LogP contribution in [0.1, 0.15) is 0 Å². The number of ether oxygens (including phenoxy) is 1. The summed E-state index contributed by atoms with van der Waals surface area (Å²) in [6.45, 7) is 0. The number of methoxy groups -OCH3 is 1. The van der Waals surface area contributed by atoms with Crippen LogP contribution in [-0.4, -0.2) is 34.1 Å². The number of hydrogen-bond donors (Lipinski definition) is 1. The van der Waals surface area contributed by atoms with Crippen LogP contribution in [-0.2, 0) is 4.79 Å². The molecule has 0 atom stereocenters. The van der Waals surface area contributed by atoms with Gasteiger partial charge in [0.15, 0.2) is 4.34 Å². The molecule has 0 radical (unpaired) electrons. The lowest BCUT2D eigenvalue weighted by atomic mass is 10.2. The van der Waals surface area contributed by atoms with Crippen LogP contribution in [0.3, 0.4) is 0 Å². The number of carbonyl (C=O) groups is 1. The summed E-state index contributed by atoms with van der Waals surface area (Å²) < 4.78 is 5.78. The second kappa shape index (κ2) is 5.83. The molecule has 0 aliphatic heterocycles. The molecule has 2 rings (SSSR count). The van der Waals surface area contributed by atoms with Crippen LogP contribution < -0.4 is 4.74 Å². The number of thioether (sulfide) groups is 1. The fourth-order valence-corrected chi connectivity index (χ4v) is 2.83. The van der Waals surface area contributed by atoms with E-state index in [4.69, 9.17) is 9.84 Å². The highest BCUT2D eigenvalue weighted by atomic mass is 32.2. The van der Waals surface area contributed by atoms with Gasteiger partial charge in [-0.2, -0.15) is 0 Å². The minimum absolute atomic E-state index is 0.00720. The molecular formula is C11H10N2O3S2. The Morgan fingerprint density at radius 2 is 2.33 bits per heavy atom. The third-order valence-corrected chi connectivity index (χ3v) is 4.13. The first kappa shape index (κ1) is 12.8. The van der Waals surface area contributed by atoms with Gasteiger partial charge in [0, 0.05) is 5.56 Å². The average molecular weight is 282 g/mol. The van der Waals surface area contributed by atoms with Gasteiger partial charge in [-0.05, 0) is 12.1 Å². The van der Waals surface area contributed by atoms with E-state index in [2.05, 4.69) is 10.2 Å². The van der Waals surface area contributed by atoms with Crippen LogP contribution in [0.25, 0.3) is 10.6 Å². The second-order valence-corrected chi connectivity index (χ2v) is 5.49. The van der Waals surface area contributed by atoms with Gasteiger partial charge in [0.05, 0.1) is 12.9 Å². The van der Waals surface area contributed by atoms with Gasteiger partial charge in [-0.15, -0.1) is 10.2 Å². The molecule has 0 saturated heterocycles. The van der Waals surface area contributed by atoms with E-state index in [-0.39, 0.29) is 5.75 Å². The topological polar surface area (TPSA) is 72.3 Å². The smallest absolute Gasteiger partial charge is 0.313 e. The van der Waals surface area contributed by atoms with Crippen LogP contribution >= 0.6 is 23.1 Å².